The van der Waals surface area contributed by atoms with Gasteiger partial charge in [0.1, 0.15) is 5.00 Å². The topological polar surface area (TPSA) is 67.9 Å². The largest absolute Gasteiger partial charge is 0.465 e. The summed E-state index contributed by atoms with van der Waals surface area (Å²) in [6.45, 7) is 5.81. The van der Waals surface area contributed by atoms with Crippen molar-refractivity contribution >= 4 is 28.2 Å². The number of fused-ring (bicyclic) bond motifs is 1. The van der Waals surface area contributed by atoms with Crippen molar-refractivity contribution in [3.05, 3.63) is 16.0 Å². The summed E-state index contributed by atoms with van der Waals surface area (Å²) in [6.07, 6.45) is 3.15. The van der Waals surface area contributed by atoms with Crippen LogP contribution >= 0.6 is 11.3 Å². The highest BCUT2D eigenvalue weighted by atomic mass is 32.1. The molecule has 1 aromatic heterocycles. The van der Waals surface area contributed by atoms with Gasteiger partial charge in [0, 0.05) is 18.0 Å². The van der Waals surface area contributed by atoms with E-state index in [2.05, 4.69) is 10.2 Å². The molecule has 0 saturated carbocycles. The first-order valence-electron chi connectivity index (χ1n) is 8.38. The lowest BCUT2D eigenvalue weighted by atomic mass is 10.1. The van der Waals surface area contributed by atoms with Crippen LogP contribution < -0.4 is 5.32 Å². The Bertz CT molecular complexity index is 633. The second-order valence-corrected chi connectivity index (χ2v) is 7.66. The molecule has 6 nitrogen and oxygen atoms in total. The van der Waals surface area contributed by atoms with Gasteiger partial charge in [-0.25, -0.2) is 4.79 Å². The maximum Gasteiger partial charge on any atom is 0.341 e. The molecule has 2 aliphatic rings. The van der Waals surface area contributed by atoms with E-state index in [1.807, 2.05) is 13.8 Å². The number of carbonyl (C=O) groups is 2. The molecule has 1 fully saturated rings. The average molecular weight is 352 g/mol. The summed E-state index contributed by atoms with van der Waals surface area (Å²) in [4.78, 5) is 27.8. The monoisotopic (exact) mass is 352 g/mol. The van der Waals surface area contributed by atoms with Crippen LogP contribution in [0.25, 0.3) is 0 Å². The summed E-state index contributed by atoms with van der Waals surface area (Å²) >= 11 is 1.51. The second-order valence-electron chi connectivity index (χ2n) is 6.55. The number of amides is 1. The average Bonchev–Trinajstić information content (AvgIpc) is 3.05. The van der Waals surface area contributed by atoms with Crippen molar-refractivity contribution < 1.29 is 19.1 Å². The number of ether oxygens (including phenoxy) is 2. The fraction of sp³-hybridized carbons (Fsp3) is 0.647. The van der Waals surface area contributed by atoms with Gasteiger partial charge in [-0.3, -0.25) is 9.69 Å². The van der Waals surface area contributed by atoms with Gasteiger partial charge in [0.05, 0.1) is 31.4 Å². The zero-order chi connectivity index (χ0) is 17.3. The van der Waals surface area contributed by atoms with E-state index < -0.39 is 0 Å². The van der Waals surface area contributed by atoms with Crippen LogP contribution in [0.1, 0.15) is 41.1 Å². The van der Waals surface area contributed by atoms with Crippen LogP contribution in [0.3, 0.4) is 0 Å². The van der Waals surface area contributed by atoms with Crippen LogP contribution in [0.15, 0.2) is 0 Å². The number of anilines is 1. The molecule has 1 aliphatic carbocycles. The van der Waals surface area contributed by atoms with Crippen LogP contribution in [0.4, 0.5) is 5.00 Å². The molecular formula is C17H24N2O4S. The van der Waals surface area contributed by atoms with Gasteiger partial charge in [0.15, 0.2) is 0 Å². The minimum absolute atomic E-state index is 0.0959. The van der Waals surface area contributed by atoms with Crippen molar-refractivity contribution in [1.29, 1.82) is 0 Å². The Hall–Kier alpha value is -1.44. The summed E-state index contributed by atoms with van der Waals surface area (Å²) in [5, 5.41) is 3.56. The SMILES string of the molecule is COC(=O)c1c(NC(=O)CN2C[C@H](C)O[C@@H](C)C2)sc2c1CCC2. The molecule has 0 spiro atoms. The molecule has 1 saturated heterocycles. The van der Waals surface area contributed by atoms with E-state index in [-0.39, 0.29) is 24.1 Å². The van der Waals surface area contributed by atoms with E-state index in [4.69, 9.17) is 9.47 Å². The zero-order valence-electron chi connectivity index (χ0n) is 14.4. The molecule has 1 aliphatic heterocycles. The molecule has 2 atom stereocenters. The number of hydrogen-bond donors (Lipinski definition) is 1. The minimum Gasteiger partial charge on any atom is -0.465 e. The number of rotatable bonds is 4. The number of aryl methyl sites for hydroxylation is 1. The van der Waals surface area contributed by atoms with Crippen LogP contribution in [-0.2, 0) is 27.1 Å². The highest BCUT2D eigenvalue weighted by Gasteiger charge is 2.29. The summed E-state index contributed by atoms with van der Waals surface area (Å²) in [7, 11) is 1.38. The lowest BCUT2D eigenvalue weighted by Gasteiger charge is -2.34. The predicted octanol–water partition coefficient (Wildman–Crippen LogP) is 2.07. The number of hydrogen-bond acceptors (Lipinski definition) is 6. The van der Waals surface area contributed by atoms with Crippen LogP contribution in [0, 0.1) is 0 Å². The van der Waals surface area contributed by atoms with Crippen molar-refractivity contribution in [2.75, 3.05) is 32.1 Å². The van der Waals surface area contributed by atoms with Crippen molar-refractivity contribution in [2.24, 2.45) is 0 Å². The first kappa shape index (κ1) is 17.4. The fourth-order valence-electron chi connectivity index (χ4n) is 3.59. The normalized spacial score (nSPS) is 23.8. The van der Waals surface area contributed by atoms with Gasteiger partial charge in [0.25, 0.3) is 0 Å². The predicted molar refractivity (Wildman–Crippen MR) is 92.8 cm³/mol. The Kier molecular flexibility index (Phi) is 5.22. The Balaban J connectivity index is 1.69. The highest BCUT2D eigenvalue weighted by molar-refractivity contribution is 7.17. The number of esters is 1. The highest BCUT2D eigenvalue weighted by Crippen LogP contribution is 2.39. The summed E-state index contributed by atoms with van der Waals surface area (Å²) in [5.41, 5.74) is 1.60. The van der Waals surface area contributed by atoms with Gasteiger partial charge in [-0.2, -0.15) is 0 Å². The fourth-order valence-corrected chi connectivity index (χ4v) is 4.89. The van der Waals surface area contributed by atoms with Crippen molar-refractivity contribution in [2.45, 2.75) is 45.3 Å². The lowest BCUT2D eigenvalue weighted by Crippen LogP contribution is -2.48. The molecule has 0 aromatic carbocycles. The lowest BCUT2D eigenvalue weighted by molar-refractivity contribution is -0.121. The van der Waals surface area contributed by atoms with Crippen molar-refractivity contribution in [3.8, 4) is 0 Å². The molecule has 7 heteroatoms. The van der Waals surface area contributed by atoms with Gasteiger partial charge < -0.3 is 14.8 Å². The van der Waals surface area contributed by atoms with Crippen LogP contribution in [0.2, 0.25) is 0 Å². The summed E-state index contributed by atoms with van der Waals surface area (Å²) < 4.78 is 10.6. The molecule has 1 aromatic rings. The van der Waals surface area contributed by atoms with Gasteiger partial charge in [-0.1, -0.05) is 0 Å². The minimum atomic E-state index is -0.363. The van der Waals surface area contributed by atoms with E-state index in [0.29, 0.717) is 17.1 Å². The second kappa shape index (κ2) is 7.21. The van der Waals surface area contributed by atoms with E-state index in [9.17, 15) is 9.59 Å². The van der Waals surface area contributed by atoms with Crippen LogP contribution in [-0.4, -0.2) is 55.7 Å². The van der Waals surface area contributed by atoms with Gasteiger partial charge in [-0.15, -0.1) is 11.3 Å². The third-order valence-corrected chi connectivity index (χ3v) is 5.63. The number of carbonyl (C=O) groups excluding carboxylic acids is 2. The standard InChI is InChI=1S/C17H24N2O4S/c1-10-7-19(8-11(2)23-10)9-14(20)18-16-15(17(21)22-3)12-5-4-6-13(12)24-16/h10-11H,4-9H2,1-3H3,(H,18,20)/t10-,11-/m0/s1. The molecule has 0 unspecified atom stereocenters. The molecule has 24 heavy (non-hydrogen) atoms. The molecular weight excluding hydrogens is 328 g/mol. The van der Waals surface area contributed by atoms with E-state index in [1.165, 1.54) is 23.3 Å². The molecule has 1 amide bonds. The van der Waals surface area contributed by atoms with E-state index in [0.717, 1.165) is 37.9 Å². The molecule has 0 bridgehead atoms. The van der Waals surface area contributed by atoms with E-state index >= 15 is 0 Å². The zero-order valence-corrected chi connectivity index (χ0v) is 15.2. The van der Waals surface area contributed by atoms with Crippen molar-refractivity contribution in [3.63, 3.8) is 0 Å². The van der Waals surface area contributed by atoms with Gasteiger partial charge in [0.2, 0.25) is 5.91 Å². The Labute approximate surface area is 146 Å². The summed E-state index contributed by atoms with van der Waals surface area (Å²) in [6, 6.07) is 0. The maximum atomic E-state index is 12.4. The Morgan fingerprint density at radius 2 is 2.00 bits per heavy atom. The number of methoxy groups -OCH3 is 1. The third kappa shape index (κ3) is 3.63. The molecule has 2 heterocycles. The number of thiophene rings is 1. The van der Waals surface area contributed by atoms with Crippen LogP contribution in [0.5, 0.6) is 0 Å². The maximum absolute atomic E-state index is 12.4. The smallest absolute Gasteiger partial charge is 0.341 e. The number of nitrogens with one attached hydrogen (secondary N) is 1. The first-order chi connectivity index (χ1) is 11.5. The Morgan fingerprint density at radius 3 is 2.67 bits per heavy atom. The first-order valence-corrected chi connectivity index (χ1v) is 9.20. The number of nitrogens with zero attached hydrogens (tertiary/aromatic N) is 1. The molecule has 132 valence electrons. The Morgan fingerprint density at radius 1 is 1.29 bits per heavy atom. The summed E-state index contributed by atoms with van der Waals surface area (Å²) in [5.74, 6) is -0.459. The molecule has 0 radical (unpaired) electrons. The van der Waals surface area contributed by atoms with Gasteiger partial charge in [-0.05, 0) is 38.7 Å². The van der Waals surface area contributed by atoms with Gasteiger partial charge >= 0.3 is 5.97 Å². The quantitative estimate of drug-likeness (QED) is 0.840. The number of morpholine rings is 1. The van der Waals surface area contributed by atoms with Crippen molar-refractivity contribution in [1.82, 2.24) is 4.90 Å². The molecule has 3 rings (SSSR count). The molecule has 1 N–H and O–H groups in total. The third-order valence-electron chi connectivity index (χ3n) is 4.43. The van der Waals surface area contributed by atoms with E-state index in [1.54, 1.807) is 0 Å².